The van der Waals surface area contributed by atoms with Crippen LogP contribution in [0.2, 0.25) is 0 Å². The predicted molar refractivity (Wildman–Crippen MR) is 361 cm³/mol. The average Bonchev–Trinajstić information content (AvgIpc) is 0.767. The van der Waals surface area contributed by atoms with Gasteiger partial charge in [-0.3, -0.25) is 19.2 Å². The van der Waals surface area contributed by atoms with Gasteiger partial charge >= 0.3 is 5.97 Å². The molecule has 0 radical (unpaired) electrons. The van der Waals surface area contributed by atoms with Gasteiger partial charge in [0.2, 0.25) is 23.6 Å². The van der Waals surface area contributed by atoms with Crippen LogP contribution >= 0.6 is 0 Å². The van der Waals surface area contributed by atoms with E-state index in [1.807, 2.05) is 0 Å². The average molecular weight is 1730 g/mol. The molecule has 0 saturated carbocycles. The maximum Gasteiger partial charge on any atom is 0.364 e. The van der Waals surface area contributed by atoms with Crippen LogP contribution in [-0.4, -0.2) is 509 Å². The minimum absolute atomic E-state index is 0.830. The van der Waals surface area contributed by atoms with Crippen LogP contribution in [0.3, 0.4) is 0 Å². The van der Waals surface area contributed by atoms with Gasteiger partial charge in [0.05, 0.1) is 71.1 Å². The molecule has 0 aliphatic carbocycles. The molecule has 9 heterocycles. The Morgan fingerprint density at radius 2 is 0.780 bits per heavy atom. The highest BCUT2D eigenvalue weighted by atomic mass is 16.8. The van der Waals surface area contributed by atoms with Gasteiger partial charge in [0, 0.05) is 27.2 Å². The van der Waals surface area contributed by atoms with Gasteiger partial charge in [-0.05, 0) is 6.92 Å². The zero-order valence-electron chi connectivity index (χ0n) is 63.1. The van der Waals surface area contributed by atoms with Crippen molar-refractivity contribution in [1.82, 2.24) is 21.3 Å². The Morgan fingerprint density at radius 1 is 0.381 bits per heavy atom. The van der Waals surface area contributed by atoms with Gasteiger partial charge in [-0.1, -0.05) is 0 Å². The molecule has 118 heavy (non-hydrogen) atoms. The van der Waals surface area contributed by atoms with E-state index >= 15 is 0 Å². The summed E-state index contributed by atoms with van der Waals surface area (Å²) >= 11 is 0. The fraction of sp³-hybridized carbons (Fsp3) is 0.923. The number of ether oxygens (including phenoxy) is 17. The molecule has 9 fully saturated rings. The van der Waals surface area contributed by atoms with Crippen LogP contribution in [0.15, 0.2) is 0 Å². The van der Waals surface area contributed by atoms with Gasteiger partial charge in [-0.25, -0.2) is 4.79 Å². The van der Waals surface area contributed by atoms with Gasteiger partial charge < -0.3 is 240 Å². The third kappa shape index (κ3) is 21.6. The number of carboxylic acid groups (broad SMARTS) is 1. The topological polar surface area (TPSA) is 837 Å². The SMILES string of the molecule is CC(=O)N[C@@H]1[C@@H](O)[C@H](O[C@@H]2O[C@H](CO)[C@@H](O[C@@H]3O[C@H](CO[C@H]4O[C@H](CO)[C@@H](O)[C@H](O)[C@@H]4O)[C@@H](O)[C@H](O[C@H]4O[C@H](CO)[C@@H](O)[C@H](O)[C@@H]4O[C@@H]4O[C@H](CO)[C@@H](O[C@@H]5O[C@H](CO[C@]6(C(=O)O)C[C@H](O)[C@@H](NC(=O)CO)[C@H]([C@H](O)[C@H](O)CO)O6)[C@H](O)[C@H](O)[C@H]5O)[C@H](O)[C@H]4NC(C)=O)[C@@H]3O)[C@H](O)[C@H]2NC(C)=O)[C@@H](CO[C@H]2O[C@H](C)[C@H](O)[C@H](O)[C@H]2O)O[C@H]1O. The molecule has 53 nitrogen and oxygen atoms in total. The molecule has 53 heteroatoms. The van der Waals surface area contributed by atoms with Crippen LogP contribution in [0.25, 0.3) is 0 Å². The monoisotopic (exact) mass is 1730 g/mol. The molecule has 46 atom stereocenters. The number of hydrogen-bond acceptors (Lipinski definition) is 48. The lowest BCUT2D eigenvalue weighted by Gasteiger charge is -2.51. The Kier molecular flexibility index (Phi) is 34.7. The maximum atomic E-state index is 13.1. The summed E-state index contributed by atoms with van der Waals surface area (Å²) in [7, 11) is 0. The predicted octanol–water partition coefficient (Wildman–Crippen LogP) is -20.8. The quantitative estimate of drug-likeness (QED) is 0.0297. The smallest absolute Gasteiger partial charge is 0.364 e. The van der Waals surface area contributed by atoms with E-state index < -0.39 is 377 Å². The first-order valence-corrected chi connectivity index (χ1v) is 37.3. The Balaban J connectivity index is 0.982. The molecule has 0 aromatic carbocycles. The molecule has 31 N–H and O–H groups in total. The number of aliphatic hydroxyl groups is 26. The number of amides is 4. The first-order valence-electron chi connectivity index (χ1n) is 37.3. The number of hydrogen-bond donors (Lipinski definition) is 31. The second-order valence-corrected chi connectivity index (χ2v) is 29.7. The third-order valence-electron chi connectivity index (χ3n) is 21.4. The molecule has 0 unspecified atom stereocenters. The largest absolute Gasteiger partial charge is 0.477 e. The molecule has 0 spiro atoms. The van der Waals surface area contributed by atoms with Gasteiger partial charge in [0.1, 0.15) is 214 Å². The lowest BCUT2D eigenvalue weighted by atomic mass is 9.88. The normalized spacial score (nSPS) is 47.6. The summed E-state index contributed by atoms with van der Waals surface area (Å²) in [5.74, 6) is -9.25. The summed E-state index contributed by atoms with van der Waals surface area (Å²) in [6, 6.07) is -7.60. The zero-order valence-corrected chi connectivity index (χ0v) is 63.1. The van der Waals surface area contributed by atoms with E-state index in [4.69, 9.17) is 80.5 Å². The molecule has 0 aromatic heterocycles. The Hall–Kier alpha value is -4.37. The molecular formula is C65H108N4O49. The van der Waals surface area contributed by atoms with Crippen LogP contribution in [-0.2, 0) is 104 Å². The standard InChI is InChI=1S/C65H108N4O49/c1-15-33(82)42(91)46(95)59(105-15)103-13-27-52(39(88)30(56(99)106-27)66-16(2)76)113-57-31(67-17(3)77)40(89)51(24(10-74)109-57)115-62-49(98)54(38(87)25(111-62)12-102-60-47(96)43(92)35(84)21(7-71)107-60)116-63-55(45(94)36(85)22(8-72)108-63)117-58-32(68-18(4)78)41(90)50(23(9-73)110-58)114-61-48(97)44(93)37(86)26(112-61)14-104-65(64(100)101)5-19(79)29(69-28(81)11-75)53(118-65)34(83)20(80)6-70/h15,19-27,29-63,70-75,79-80,82-99H,5-14H2,1-4H3,(H,66,76)(H,67,77)(H,68,78)(H,69,81)(H,100,101)/t15-,19+,20-,21-,22-,23-,24-,25-,26-,27-,29-,30-,31-,32-,33+,34-,35-,36-,37+,38-,39-,40-,41-,42+,43+,44+,45+,46-,47+,48-,49+,50-,51-,52-,53-,54+,55+,56-,57+,58+,59+,60+,61+,62+,63-,65-/m1/s1. The van der Waals surface area contributed by atoms with Crippen LogP contribution in [0, 0.1) is 0 Å². The van der Waals surface area contributed by atoms with E-state index in [0.717, 1.165) is 20.8 Å². The van der Waals surface area contributed by atoms with Crippen molar-refractivity contribution in [3.63, 3.8) is 0 Å². The highest BCUT2D eigenvalue weighted by molar-refractivity contribution is 5.78. The maximum absolute atomic E-state index is 13.1. The van der Waals surface area contributed by atoms with E-state index in [1.54, 1.807) is 0 Å². The summed E-state index contributed by atoms with van der Waals surface area (Å²) in [6.45, 7) is -6.13. The summed E-state index contributed by atoms with van der Waals surface area (Å²) in [4.78, 5) is 63.8. The summed E-state index contributed by atoms with van der Waals surface area (Å²) in [6.07, 6.45) is -87.7. The molecule has 682 valence electrons. The zero-order chi connectivity index (χ0) is 87.3. The number of rotatable bonds is 32. The van der Waals surface area contributed by atoms with Crippen molar-refractivity contribution < 1.29 is 242 Å². The molecule has 9 aliphatic rings. The fourth-order valence-electron chi connectivity index (χ4n) is 14.9. The van der Waals surface area contributed by atoms with Crippen molar-refractivity contribution in [1.29, 1.82) is 0 Å². The summed E-state index contributed by atoms with van der Waals surface area (Å²) in [5.41, 5.74) is 0. The fourth-order valence-corrected chi connectivity index (χ4v) is 14.9. The molecule has 9 rings (SSSR count). The van der Waals surface area contributed by atoms with E-state index in [1.165, 1.54) is 6.92 Å². The second-order valence-electron chi connectivity index (χ2n) is 29.7. The molecular weight excluding hydrogens is 1620 g/mol. The van der Waals surface area contributed by atoms with E-state index in [-0.39, 0.29) is 0 Å². The van der Waals surface area contributed by atoms with Gasteiger partial charge in [0.15, 0.2) is 50.3 Å². The number of carboxylic acids is 1. The van der Waals surface area contributed by atoms with Crippen LogP contribution in [0.5, 0.6) is 0 Å². The van der Waals surface area contributed by atoms with E-state index in [9.17, 15) is 162 Å². The lowest BCUT2D eigenvalue weighted by Crippen LogP contribution is -2.71. The minimum Gasteiger partial charge on any atom is -0.477 e. The van der Waals surface area contributed by atoms with Crippen molar-refractivity contribution >= 4 is 29.6 Å². The van der Waals surface area contributed by atoms with Crippen molar-refractivity contribution in [3.8, 4) is 0 Å². The van der Waals surface area contributed by atoms with Crippen LogP contribution < -0.4 is 21.3 Å². The van der Waals surface area contributed by atoms with E-state index in [2.05, 4.69) is 21.3 Å². The lowest BCUT2D eigenvalue weighted by molar-refractivity contribution is -0.398. The number of nitrogens with one attached hydrogen (secondary N) is 4. The summed E-state index contributed by atoms with van der Waals surface area (Å²) in [5, 5.41) is 306. The molecule has 9 saturated heterocycles. The molecule has 0 bridgehead atoms. The van der Waals surface area contributed by atoms with Crippen molar-refractivity contribution in [2.75, 3.05) is 59.5 Å². The van der Waals surface area contributed by atoms with Gasteiger partial charge in [0.25, 0.3) is 5.79 Å². The minimum atomic E-state index is -3.14. The Bertz CT molecular complexity index is 3210. The Labute approximate surface area is 666 Å². The van der Waals surface area contributed by atoms with Crippen LogP contribution in [0.4, 0.5) is 0 Å². The first kappa shape index (κ1) is 97.4. The highest BCUT2D eigenvalue weighted by Crippen LogP contribution is 2.41. The second kappa shape index (κ2) is 42.1. The number of carbonyl (C=O) groups excluding carboxylic acids is 4. The molecule has 0 aromatic rings. The number of aliphatic carboxylic acids is 1. The highest BCUT2D eigenvalue weighted by Gasteiger charge is 2.62. The number of carbonyl (C=O) groups is 5. The molecule has 4 amide bonds. The van der Waals surface area contributed by atoms with Crippen molar-refractivity contribution in [2.24, 2.45) is 0 Å². The van der Waals surface area contributed by atoms with Crippen molar-refractivity contribution in [2.45, 2.75) is 316 Å². The Morgan fingerprint density at radius 3 is 1.28 bits per heavy atom. The number of aliphatic hydroxyl groups excluding tert-OH is 26. The molecule has 9 aliphatic heterocycles. The first-order chi connectivity index (χ1) is 55.6. The van der Waals surface area contributed by atoms with Crippen LogP contribution in [0.1, 0.15) is 34.1 Å². The van der Waals surface area contributed by atoms with Crippen molar-refractivity contribution in [3.05, 3.63) is 0 Å². The summed E-state index contributed by atoms with van der Waals surface area (Å²) < 4.78 is 99.5. The van der Waals surface area contributed by atoms with Gasteiger partial charge in [-0.15, -0.1) is 0 Å². The van der Waals surface area contributed by atoms with Gasteiger partial charge in [-0.2, -0.15) is 0 Å². The van der Waals surface area contributed by atoms with E-state index in [0.29, 0.717) is 0 Å². The third-order valence-corrected chi connectivity index (χ3v) is 21.4.